The first-order valence-corrected chi connectivity index (χ1v) is 8.46. The number of nitrogens with zero attached hydrogens (tertiary/aromatic N) is 2. The molecule has 0 saturated carbocycles. The van der Waals surface area contributed by atoms with Gasteiger partial charge in [0, 0.05) is 12.5 Å². The first-order valence-electron chi connectivity index (χ1n) is 8.46. The molecular formula is C20H24ClN3O2. The molecule has 1 atom stereocenters. The monoisotopic (exact) mass is 373 g/mol. The Hall–Kier alpha value is -2.21. The molecule has 3 aromatic rings. The molecule has 0 bridgehead atoms. The lowest BCUT2D eigenvalue weighted by atomic mass is 10.0. The second kappa shape index (κ2) is 10.1. The van der Waals surface area contributed by atoms with Crippen molar-refractivity contribution in [1.29, 1.82) is 0 Å². The van der Waals surface area contributed by atoms with Gasteiger partial charge in [-0.1, -0.05) is 65.8 Å². The van der Waals surface area contributed by atoms with Crippen LogP contribution in [0.15, 0.2) is 65.2 Å². The fraction of sp³-hybridized carbons (Fsp3) is 0.300. The van der Waals surface area contributed by atoms with E-state index in [1.807, 2.05) is 43.4 Å². The van der Waals surface area contributed by atoms with Crippen LogP contribution in [-0.2, 0) is 17.8 Å². The fourth-order valence-corrected chi connectivity index (χ4v) is 2.60. The maximum absolute atomic E-state index is 6.13. The number of hydrogen-bond acceptors (Lipinski definition) is 5. The third-order valence-corrected chi connectivity index (χ3v) is 4.07. The highest BCUT2D eigenvalue weighted by molar-refractivity contribution is 5.85. The summed E-state index contributed by atoms with van der Waals surface area (Å²) in [7, 11) is 1.92. The molecule has 138 valence electrons. The minimum absolute atomic E-state index is 0. The second-order valence-corrected chi connectivity index (χ2v) is 6.01. The number of nitrogens with one attached hydrogen (secondary N) is 1. The van der Waals surface area contributed by atoms with Crippen molar-refractivity contribution in [3.63, 3.8) is 0 Å². The van der Waals surface area contributed by atoms with E-state index in [1.54, 1.807) is 0 Å². The average Bonchev–Trinajstić information content (AvgIpc) is 3.11. The van der Waals surface area contributed by atoms with E-state index in [-0.39, 0.29) is 25.1 Å². The molecule has 1 heterocycles. The van der Waals surface area contributed by atoms with Gasteiger partial charge in [0.05, 0.1) is 0 Å². The van der Waals surface area contributed by atoms with Crippen LogP contribution >= 0.6 is 12.4 Å². The number of likely N-dealkylation sites (N-methyl/N-ethyl adjacent to an activating group) is 1. The molecule has 0 aliphatic rings. The van der Waals surface area contributed by atoms with E-state index in [9.17, 15) is 0 Å². The van der Waals surface area contributed by atoms with Gasteiger partial charge in [-0.25, -0.2) is 0 Å². The van der Waals surface area contributed by atoms with E-state index in [0.717, 1.165) is 17.5 Å². The molecule has 0 aliphatic heterocycles. The van der Waals surface area contributed by atoms with Crippen molar-refractivity contribution in [1.82, 2.24) is 15.5 Å². The van der Waals surface area contributed by atoms with Crippen LogP contribution in [0, 0.1) is 0 Å². The molecule has 3 rings (SSSR count). The number of rotatable bonds is 8. The van der Waals surface area contributed by atoms with Gasteiger partial charge in [0.2, 0.25) is 0 Å². The lowest BCUT2D eigenvalue weighted by molar-refractivity contribution is 0.0493. The Morgan fingerprint density at radius 2 is 1.58 bits per heavy atom. The zero-order valence-electron chi connectivity index (χ0n) is 15.0. The molecule has 5 nitrogen and oxygen atoms in total. The van der Waals surface area contributed by atoms with E-state index < -0.39 is 0 Å². The highest BCUT2D eigenvalue weighted by Gasteiger charge is 2.17. The van der Waals surface area contributed by atoms with Crippen molar-refractivity contribution in [3.05, 3.63) is 83.5 Å². The van der Waals surface area contributed by atoms with Gasteiger partial charge in [-0.3, -0.25) is 0 Å². The smallest absolute Gasteiger partial charge is 0.252 e. The minimum Gasteiger partial charge on any atom is -0.359 e. The molecule has 1 unspecified atom stereocenters. The van der Waals surface area contributed by atoms with E-state index in [2.05, 4.69) is 46.6 Å². The predicted molar refractivity (Wildman–Crippen MR) is 103 cm³/mol. The van der Waals surface area contributed by atoms with Gasteiger partial charge in [0.1, 0.15) is 12.7 Å². The zero-order valence-corrected chi connectivity index (χ0v) is 15.8. The van der Waals surface area contributed by atoms with Crippen molar-refractivity contribution < 1.29 is 9.26 Å². The molecule has 0 aliphatic carbocycles. The number of ether oxygens (including phenoxy) is 1. The summed E-state index contributed by atoms with van der Waals surface area (Å²) in [6.07, 6.45) is 0.551. The summed E-state index contributed by atoms with van der Waals surface area (Å²) in [5, 5.41) is 7.18. The maximum atomic E-state index is 6.13. The molecule has 26 heavy (non-hydrogen) atoms. The minimum atomic E-state index is -0.172. The van der Waals surface area contributed by atoms with Gasteiger partial charge in [-0.15, -0.1) is 12.4 Å². The summed E-state index contributed by atoms with van der Waals surface area (Å²) in [4.78, 5) is 4.41. The largest absolute Gasteiger partial charge is 0.359 e. The number of halogens is 1. The third kappa shape index (κ3) is 5.39. The average molecular weight is 374 g/mol. The molecular weight excluding hydrogens is 350 g/mol. The molecule has 1 aromatic heterocycles. The van der Waals surface area contributed by atoms with Crippen LogP contribution in [0.1, 0.15) is 35.9 Å². The molecule has 6 heteroatoms. The van der Waals surface area contributed by atoms with Gasteiger partial charge < -0.3 is 14.6 Å². The van der Waals surface area contributed by atoms with Crippen molar-refractivity contribution >= 4 is 12.4 Å². The highest BCUT2D eigenvalue weighted by Crippen LogP contribution is 2.26. The number of benzene rings is 2. The molecule has 0 spiro atoms. The van der Waals surface area contributed by atoms with Crippen LogP contribution in [0.25, 0.3) is 0 Å². The normalized spacial score (nSPS) is 12.0. The third-order valence-electron chi connectivity index (χ3n) is 4.07. The Labute approximate surface area is 160 Å². The standard InChI is InChI=1S/C20H23N3O2.ClH/c1-15(21-2)13-18-22-19(25-23-18)14-24-20(16-9-5-3-6-10-16)17-11-7-4-8-12-17;/h3-12,15,20-21H,13-14H2,1-2H3;1H. The molecule has 1 N–H and O–H groups in total. The highest BCUT2D eigenvalue weighted by atomic mass is 35.5. The van der Waals surface area contributed by atoms with Crippen molar-refractivity contribution in [3.8, 4) is 0 Å². The summed E-state index contributed by atoms with van der Waals surface area (Å²) in [6, 6.07) is 20.6. The van der Waals surface area contributed by atoms with Gasteiger partial charge in [-0.05, 0) is 25.1 Å². The van der Waals surface area contributed by atoms with Gasteiger partial charge >= 0.3 is 0 Å². The van der Waals surface area contributed by atoms with Crippen LogP contribution in [0.4, 0.5) is 0 Å². The Morgan fingerprint density at radius 3 is 2.12 bits per heavy atom. The first-order chi connectivity index (χ1) is 12.3. The molecule has 0 saturated heterocycles. The topological polar surface area (TPSA) is 60.2 Å². The summed E-state index contributed by atoms with van der Waals surface area (Å²) >= 11 is 0. The van der Waals surface area contributed by atoms with Crippen molar-refractivity contribution in [2.45, 2.75) is 32.1 Å². The molecule has 0 amide bonds. The number of hydrogen-bond donors (Lipinski definition) is 1. The predicted octanol–water partition coefficient (Wildman–Crippen LogP) is 3.95. The molecule has 0 fully saturated rings. The summed E-state index contributed by atoms with van der Waals surface area (Å²) < 4.78 is 11.5. The Bertz CT molecular complexity index is 725. The van der Waals surface area contributed by atoms with Gasteiger partial charge in [0.15, 0.2) is 5.82 Å². The second-order valence-electron chi connectivity index (χ2n) is 6.01. The number of aromatic nitrogens is 2. The van der Waals surface area contributed by atoms with E-state index in [0.29, 0.717) is 17.8 Å². The lowest BCUT2D eigenvalue weighted by Crippen LogP contribution is -2.24. The van der Waals surface area contributed by atoms with E-state index in [4.69, 9.17) is 9.26 Å². The lowest BCUT2D eigenvalue weighted by Gasteiger charge is -2.17. The van der Waals surface area contributed by atoms with Gasteiger partial charge in [-0.2, -0.15) is 4.98 Å². The first kappa shape index (κ1) is 20.1. The molecule has 0 radical (unpaired) electrons. The SMILES string of the molecule is CNC(C)Cc1noc(COC(c2ccccc2)c2ccccc2)n1.Cl. The Balaban J connectivity index is 0.00000243. The van der Waals surface area contributed by atoms with Crippen LogP contribution in [0.5, 0.6) is 0 Å². The summed E-state index contributed by atoms with van der Waals surface area (Å²) in [5.74, 6) is 1.19. The Morgan fingerprint density at radius 1 is 1.00 bits per heavy atom. The van der Waals surface area contributed by atoms with Crippen LogP contribution in [0.2, 0.25) is 0 Å². The van der Waals surface area contributed by atoms with Crippen LogP contribution < -0.4 is 5.32 Å². The summed E-state index contributed by atoms with van der Waals surface area (Å²) in [6.45, 7) is 2.35. The Kier molecular flexibility index (Phi) is 7.78. The van der Waals surface area contributed by atoms with Crippen molar-refractivity contribution in [2.24, 2.45) is 0 Å². The van der Waals surface area contributed by atoms with E-state index >= 15 is 0 Å². The van der Waals surface area contributed by atoms with Gasteiger partial charge in [0.25, 0.3) is 5.89 Å². The maximum Gasteiger partial charge on any atom is 0.252 e. The quantitative estimate of drug-likeness (QED) is 0.647. The van der Waals surface area contributed by atoms with Crippen molar-refractivity contribution in [2.75, 3.05) is 7.05 Å². The van der Waals surface area contributed by atoms with Crippen LogP contribution in [-0.4, -0.2) is 23.2 Å². The zero-order chi connectivity index (χ0) is 17.5. The summed E-state index contributed by atoms with van der Waals surface area (Å²) in [5.41, 5.74) is 2.19. The molecule has 2 aromatic carbocycles. The van der Waals surface area contributed by atoms with E-state index in [1.165, 1.54) is 0 Å². The fourth-order valence-electron chi connectivity index (χ4n) is 2.60. The van der Waals surface area contributed by atoms with Crippen LogP contribution in [0.3, 0.4) is 0 Å².